The van der Waals surface area contributed by atoms with E-state index in [0.717, 1.165) is 16.8 Å². The molecule has 0 aliphatic carbocycles. The van der Waals surface area contributed by atoms with Gasteiger partial charge in [-0.1, -0.05) is 80.3 Å². The molecule has 2 aromatic rings. The van der Waals surface area contributed by atoms with E-state index in [-0.39, 0.29) is 5.97 Å². The lowest BCUT2D eigenvalue weighted by atomic mass is 10.0. The second-order valence-electron chi connectivity index (χ2n) is 9.01. The minimum absolute atomic E-state index is 0.341. The van der Waals surface area contributed by atoms with E-state index >= 15 is 0 Å². The molecule has 0 saturated carbocycles. The quantitative estimate of drug-likeness (QED) is 0.285. The van der Waals surface area contributed by atoms with Crippen LogP contribution >= 0.6 is 0 Å². The van der Waals surface area contributed by atoms with Gasteiger partial charge < -0.3 is 4.74 Å². The largest absolute Gasteiger partial charge is 0.458 e. The predicted molar refractivity (Wildman–Crippen MR) is 124 cm³/mol. The third-order valence-electron chi connectivity index (χ3n) is 3.82. The number of hydrogen-bond acceptors (Lipinski definition) is 3. The maximum Gasteiger partial charge on any atom is 0.332 e. The summed E-state index contributed by atoms with van der Waals surface area (Å²) in [5.41, 5.74) is 5.46. The van der Waals surface area contributed by atoms with Crippen LogP contribution in [0.1, 0.15) is 38.3 Å². The summed E-state index contributed by atoms with van der Waals surface area (Å²) in [6, 6.07) is 19.2. The van der Waals surface area contributed by atoms with Crippen LogP contribution in [0.3, 0.4) is 0 Å². The lowest BCUT2D eigenvalue weighted by molar-refractivity contribution is -0.156. The van der Waals surface area contributed by atoms with Crippen molar-refractivity contribution in [2.75, 3.05) is 0 Å². The first-order valence-corrected chi connectivity index (χ1v) is 13.5. The zero-order valence-corrected chi connectivity index (χ0v) is 19.3. The third-order valence-corrected chi connectivity index (χ3v) is 4.74. The van der Waals surface area contributed by atoms with Gasteiger partial charge in [0.25, 0.3) is 0 Å². The molecule has 2 aromatic carbocycles. The van der Waals surface area contributed by atoms with Gasteiger partial charge in [-0.25, -0.2) is 4.79 Å². The Bertz CT molecular complexity index is 854. The van der Waals surface area contributed by atoms with Crippen LogP contribution in [0.2, 0.25) is 19.6 Å². The summed E-state index contributed by atoms with van der Waals surface area (Å²) in [7, 11) is -1.54. The molecular weight excluding hydrogens is 374 g/mol. The van der Waals surface area contributed by atoms with Gasteiger partial charge in [-0.05, 0) is 20.8 Å². The van der Waals surface area contributed by atoms with E-state index in [2.05, 4.69) is 31.1 Å². The number of esters is 1. The lowest BCUT2D eigenvalue weighted by Gasteiger charge is -2.22. The maximum absolute atomic E-state index is 12.9. The highest BCUT2D eigenvalue weighted by Crippen LogP contribution is 2.16. The van der Waals surface area contributed by atoms with Gasteiger partial charge >= 0.3 is 5.97 Å². The molecule has 0 bridgehead atoms. The summed E-state index contributed by atoms with van der Waals surface area (Å²) in [6.07, 6.45) is 0.350. The molecule has 2 rings (SSSR count). The lowest BCUT2D eigenvalue weighted by Crippen LogP contribution is -2.31. The molecule has 29 heavy (non-hydrogen) atoms. The van der Waals surface area contributed by atoms with Gasteiger partial charge in [-0.15, -0.1) is 11.5 Å². The van der Waals surface area contributed by atoms with E-state index in [1.165, 1.54) is 0 Å². The molecule has 3 nitrogen and oxygen atoms in total. The average molecular weight is 406 g/mol. The second-order valence-corrected chi connectivity index (χ2v) is 13.8. The van der Waals surface area contributed by atoms with Crippen molar-refractivity contribution >= 4 is 19.8 Å². The third kappa shape index (κ3) is 8.09. The first kappa shape index (κ1) is 22.6. The average Bonchev–Trinajstić information content (AvgIpc) is 2.63. The van der Waals surface area contributed by atoms with Crippen molar-refractivity contribution in [1.29, 1.82) is 0 Å². The van der Waals surface area contributed by atoms with Crippen LogP contribution in [-0.2, 0) is 9.53 Å². The highest BCUT2D eigenvalue weighted by atomic mass is 28.3. The van der Waals surface area contributed by atoms with Crippen molar-refractivity contribution in [2.24, 2.45) is 4.99 Å². The Morgan fingerprint density at radius 3 is 1.86 bits per heavy atom. The summed E-state index contributed by atoms with van der Waals surface area (Å²) in [5.74, 6) is 2.86. The first-order valence-electron chi connectivity index (χ1n) is 9.97. The van der Waals surface area contributed by atoms with Crippen molar-refractivity contribution in [3.8, 4) is 11.5 Å². The normalized spacial score (nSPS) is 12.3. The topological polar surface area (TPSA) is 38.7 Å². The molecule has 0 amide bonds. The molecule has 0 saturated heterocycles. The summed E-state index contributed by atoms with van der Waals surface area (Å²) in [6.45, 7) is 12.2. The number of rotatable bonds is 5. The zero-order chi connectivity index (χ0) is 21.5. The second kappa shape index (κ2) is 9.71. The smallest absolute Gasteiger partial charge is 0.332 e. The van der Waals surface area contributed by atoms with Crippen LogP contribution in [0, 0.1) is 11.5 Å². The van der Waals surface area contributed by atoms with Gasteiger partial charge in [0.05, 0.1) is 5.71 Å². The van der Waals surface area contributed by atoms with E-state index in [0.29, 0.717) is 6.42 Å². The monoisotopic (exact) mass is 405 g/mol. The molecule has 0 aliphatic heterocycles. The Balaban J connectivity index is 2.50. The van der Waals surface area contributed by atoms with Crippen LogP contribution in [-0.4, -0.2) is 31.4 Å². The zero-order valence-electron chi connectivity index (χ0n) is 18.3. The van der Waals surface area contributed by atoms with Crippen molar-refractivity contribution in [3.05, 3.63) is 71.8 Å². The SMILES string of the molecule is CC(C)(C)OC(=O)[C@H](CC#C[Si](C)(C)C)N=C(c1ccccc1)c1ccccc1. The number of nitrogens with zero attached hydrogens (tertiary/aromatic N) is 1. The Morgan fingerprint density at radius 1 is 0.966 bits per heavy atom. The van der Waals surface area contributed by atoms with E-state index in [1.807, 2.05) is 81.4 Å². The number of benzene rings is 2. The molecular formula is C25H31NO2Si. The minimum atomic E-state index is -1.54. The Labute approximate surface area is 176 Å². The van der Waals surface area contributed by atoms with Gasteiger partial charge in [0, 0.05) is 17.5 Å². The summed E-state index contributed by atoms with van der Waals surface area (Å²) < 4.78 is 5.65. The summed E-state index contributed by atoms with van der Waals surface area (Å²) in [4.78, 5) is 17.8. The number of carbonyl (C=O) groups is 1. The number of hydrogen-bond donors (Lipinski definition) is 0. The maximum atomic E-state index is 12.9. The summed E-state index contributed by atoms with van der Waals surface area (Å²) >= 11 is 0. The van der Waals surface area contributed by atoms with Crippen LogP contribution in [0.5, 0.6) is 0 Å². The Morgan fingerprint density at radius 2 is 1.45 bits per heavy atom. The number of ether oxygens (including phenoxy) is 1. The number of carbonyl (C=O) groups excluding carboxylic acids is 1. The van der Waals surface area contributed by atoms with E-state index in [9.17, 15) is 4.79 Å². The van der Waals surface area contributed by atoms with E-state index < -0.39 is 19.7 Å². The van der Waals surface area contributed by atoms with Crippen LogP contribution in [0.4, 0.5) is 0 Å². The minimum Gasteiger partial charge on any atom is -0.458 e. The van der Waals surface area contributed by atoms with Gasteiger partial charge in [-0.3, -0.25) is 4.99 Å². The van der Waals surface area contributed by atoms with Crippen LogP contribution in [0.15, 0.2) is 65.7 Å². The molecule has 0 heterocycles. The first-order chi connectivity index (χ1) is 13.6. The van der Waals surface area contributed by atoms with Gasteiger partial charge in [0.2, 0.25) is 0 Å². The van der Waals surface area contributed by atoms with E-state index in [4.69, 9.17) is 9.73 Å². The molecule has 0 aliphatic rings. The highest BCUT2D eigenvalue weighted by Gasteiger charge is 2.25. The molecule has 0 fully saturated rings. The van der Waals surface area contributed by atoms with Crippen LogP contribution < -0.4 is 0 Å². The molecule has 0 aromatic heterocycles. The molecule has 0 unspecified atom stereocenters. The standard InChI is InChI=1S/C25H31NO2Si/c1-25(2,3)28-24(27)22(18-13-19-29(4,5)6)26-23(20-14-9-7-10-15-20)21-16-11-8-12-17-21/h7-12,14-17,22H,18H2,1-6H3/t22-/m0/s1. The molecule has 0 radical (unpaired) electrons. The highest BCUT2D eigenvalue weighted by molar-refractivity contribution is 6.83. The van der Waals surface area contributed by atoms with Crippen molar-refractivity contribution in [2.45, 2.75) is 58.5 Å². The molecule has 152 valence electrons. The van der Waals surface area contributed by atoms with Crippen molar-refractivity contribution < 1.29 is 9.53 Å². The van der Waals surface area contributed by atoms with Crippen LogP contribution in [0.25, 0.3) is 0 Å². The fraction of sp³-hybridized carbons (Fsp3) is 0.360. The van der Waals surface area contributed by atoms with Gasteiger partial charge in [0.1, 0.15) is 13.7 Å². The molecule has 1 atom stereocenters. The van der Waals surface area contributed by atoms with Gasteiger partial charge in [0.15, 0.2) is 6.04 Å². The van der Waals surface area contributed by atoms with Gasteiger partial charge in [-0.2, -0.15) is 0 Å². The Kier molecular flexibility index (Phi) is 7.58. The number of aliphatic imine (C=N–C) groups is 1. The Hall–Kier alpha value is -2.64. The molecule has 0 spiro atoms. The molecule has 4 heteroatoms. The molecule has 0 N–H and O–H groups in total. The predicted octanol–water partition coefficient (Wildman–Crippen LogP) is 5.51. The summed E-state index contributed by atoms with van der Waals surface area (Å²) in [5, 5.41) is 0. The van der Waals surface area contributed by atoms with Crippen molar-refractivity contribution in [1.82, 2.24) is 0 Å². The fourth-order valence-electron chi connectivity index (χ4n) is 2.63. The van der Waals surface area contributed by atoms with Crippen molar-refractivity contribution in [3.63, 3.8) is 0 Å². The fourth-order valence-corrected chi connectivity index (χ4v) is 3.26. The van der Waals surface area contributed by atoms with E-state index in [1.54, 1.807) is 0 Å².